The molecule has 19 heavy (non-hydrogen) atoms. The fourth-order valence-corrected chi connectivity index (χ4v) is 3.21. The minimum absolute atomic E-state index is 0.195. The Balaban J connectivity index is 1.70. The lowest BCUT2D eigenvalue weighted by Crippen LogP contribution is -2.48. The second-order valence-corrected chi connectivity index (χ2v) is 7.02. The number of β-amino-alcohol motifs (C(OH)–C–C–N with tert-alkyl or cyclic N) is 1. The van der Waals surface area contributed by atoms with Crippen LogP contribution >= 0.6 is 0 Å². The number of likely N-dealkylation sites (tertiary alicyclic amines) is 1. The largest absolute Gasteiger partial charge is 0.390 e. The summed E-state index contributed by atoms with van der Waals surface area (Å²) < 4.78 is 0. The molecular weight excluding hydrogens is 238 g/mol. The van der Waals surface area contributed by atoms with E-state index in [0.29, 0.717) is 5.41 Å². The topological polar surface area (TPSA) is 38.7 Å². The molecule has 0 aromatic rings. The Labute approximate surface area is 118 Å². The van der Waals surface area contributed by atoms with E-state index in [2.05, 4.69) is 29.0 Å². The van der Waals surface area contributed by atoms with Crippen LogP contribution in [0.25, 0.3) is 0 Å². The van der Waals surface area contributed by atoms with Gasteiger partial charge in [0.25, 0.3) is 0 Å². The highest BCUT2D eigenvalue weighted by Crippen LogP contribution is 2.29. The first-order valence-corrected chi connectivity index (χ1v) is 7.89. The maximum atomic E-state index is 10.3. The van der Waals surface area contributed by atoms with Crippen LogP contribution in [0.15, 0.2) is 0 Å². The van der Waals surface area contributed by atoms with E-state index in [1.807, 2.05) is 0 Å². The van der Waals surface area contributed by atoms with Crippen molar-refractivity contribution in [2.75, 3.05) is 52.4 Å². The summed E-state index contributed by atoms with van der Waals surface area (Å²) in [7, 11) is 0. The van der Waals surface area contributed by atoms with Crippen LogP contribution in [-0.4, -0.2) is 73.4 Å². The van der Waals surface area contributed by atoms with Crippen molar-refractivity contribution >= 4 is 0 Å². The number of rotatable bonds is 4. The van der Waals surface area contributed by atoms with Gasteiger partial charge in [-0.25, -0.2) is 0 Å². The quantitative estimate of drug-likeness (QED) is 0.790. The fourth-order valence-electron chi connectivity index (χ4n) is 3.21. The smallest absolute Gasteiger partial charge is 0.0793 e. The van der Waals surface area contributed by atoms with Crippen molar-refractivity contribution in [2.24, 2.45) is 5.41 Å². The third-order valence-corrected chi connectivity index (χ3v) is 4.58. The van der Waals surface area contributed by atoms with Crippen LogP contribution in [0.2, 0.25) is 0 Å². The molecule has 2 heterocycles. The van der Waals surface area contributed by atoms with Crippen molar-refractivity contribution in [3.8, 4) is 0 Å². The van der Waals surface area contributed by atoms with Crippen LogP contribution in [-0.2, 0) is 0 Å². The van der Waals surface area contributed by atoms with Gasteiger partial charge in [0.15, 0.2) is 0 Å². The predicted molar refractivity (Wildman–Crippen MR) is 79.4 cm³/mol. The highest BCUT2D eigenvalue weighted by atomic mass is 16.3. The molecule has 0 aliphatic carbocycles. The van der Waals surface area contributed by atoms with Crippen molar-refractivity contribution in [3.63, 3.8) is 0 Å². The minimum Gasteiger partial charge on any atom is -0.390 e. The van der Waals surface area contributed by atoms with E-state index >= 15 is 0 Å². The zero-order chi connectivity index (χ0) is 13.7. The van der Waals surface area contributed by atoms with Gasteiger partial charge in [0.1, 0.15) is 0 Å². The van der Waals surface area contributed by atoms with Gasteiger partial charge in [0, 0.05) is 39.3 Å². The van der Waals surface area contributed by atoms with Gasteiger partial charge in [-0.2, -0.15) is 0 Å². The number of aliphatic hydroxyl groups is 1. The fraction of sp³-hybridized carbons (Fsp3) is 1.00. The van der Waals surface area contributed by atoms with Gasteiger partial charge in [0.05, 0.1) is 6.10 Å². The molecule has 112 valence electrons. The Bertz CT molecular complexity index is 264. The molecule has 2 N–H and O–H groups in total. The summed E-state index contributed by atoms with van der Waals surface area (Å²) in [6.45, 7) is 13.0. The van der Waals surface area contributed by atoms with Gasteiger partial charge in [-0.3, -0.25) is 4.90 Å². The van der Waals surface area contributed by atoms with Gasteiger partial charge in [-0.1, -0.05) is 13.8 Å². The molecule has 0 bridgehead atoms. The molecule has 2 fully saturated rings. The lowest BCUT2D eigenvalue weighted by molar-refractivity contribution is 0.0695. The Morgan fingerprint density at radius 1 is 1.00 bits per heavy atom. The van der Waals surface area contributed by atoms with E-state index in [1.54, 1.807) is 0 Å². The Hall–Kier alpha value is -0.160. The number of piperazine rings is 1. The van der Waals surface area contributed by atoms with Crippen LogP contribution < -0.4 is 5.32 Å². The lowest BCUT2D eigenvalue weighted by Gasteiger charge is -2.31. The second kappa shape index (κ2) is 7.02. The first-order chi connectivity index (χ1) is 9.05. The maximum absolute atomic E-state index is 10.3. The molecule has 4 heteroatoms. The average Bonchev–Trinajstić information content (AvgIpc) is 2.52. The first kappa shape index (κ1) is 15.2. The summed E-state index contributed by atoms with van der Waals surface area (Å²) in [5, 5.41) is 13.6. The molecule has 2 aliphatic heterocycles. The molecule has 4 nitrogen and oxygen atoms in total. The average molecular weight is 269 g/mol. The summed E-state index contributed by atoms with van der Waals surface area (Å²) in [6, 6.07) is 0. The molecule has 1 atom stereocenters. The second-order valence-electron chi connectivity index (χ2n) is 7.02. The summed E-state index contributed by atoms with van der Waals surface area (Å²) in [5.41, 5.74) is 0.484. The van der Waals surface area contributed by atoms with E-state index < -0.39 is 0 Å². The Morgan fingerprint density at radius 3 is 2.32 bits per heavy atom. The molecule has 0 aromatic carbocycles. The van der Waals surface area contributed by atoms with Crippen LogP contribution in [0.5, 0.6) is 0 Å². The summed E-state index contributed by atoms with van der Waals surface area (Å²) in [5.74, 6) is 0. The zero-order valence-electron chi connectivity index (χ0n) is 12.7. The minimum atomic E-state index is -0.195. The molecule has 0 saturated carbocycles. The number of nitrogens with zero attached hydrogens (tertiary/aromatic N) is 2. The van der Waals surface area contributed by atoms with Crippen molar-refractivity contribution in [1.82, 2.24) is 15.1 Å². The van der Waals surface area contributed by atoms with Crippen molar-refractivity contribution in [1.29, 1.82) is 0 Å². The molecule has 2 saturated heterocycles. The van der Waals surface area contributed by atoms with E-state index in [9.17, 15) is 5.11 Å². The number of aliphatic hydroxyl groups excluding tert-OH is 1. The third-order valence-electron chi connectivity index (χ3n) is 4.58. The van der Waals surface area contributed by atoms with Gasteiger partial charge in [0.2, 0.25) is 0 Å². The number of hydrogen-bond donors (Lipinski definition) is 2. The van der Waals surface area contributed by atoms with Gasteiger partial charge in [-0.05, 0) is 37.8 Å². The summed E-state index contributed by atoms with van der Waals surface area (Å²) in [6.07, 6.45) is 3.65. The van der Waals surface area contributed by atoms with E-state index in [4.69, 9.17) is 0 Å². The molecule has 0 amide bonds. The SMILES string of the molecule is CC1(C)CCCN(CC(O)CN2CCNCC2)CC1. The van der Waals surface area contributed by atoms with E-state index in [-0.39, 0.29) is 6.10 Å². The van der Waals surface area contributed by atoms with E-state index in [1.165, 1.54) is 19.3 Å². The maximum Gasteiger partial charge on any atom is 0.0793 e. The molecule has 2 rings (SSSR count). The third kappa shape index (κ3) is 5.38. The molecule has 0 spiro atoms. The van der Waals surface area contributed by atoms with Crippen LogP contribution in [0, 0.1) is 5.41 Å². The van der Waals surface area contributed by atoms with Gasteiger partial charge < -0.3 is 15.3 Å². The van der Waals surface area contributed by atoms with Gasteiger partial charge >= 0.3 is 0 Å². The molecule has 0 radical (unpaired) electrons. The normalized spacial score (nSPS) is 27.9. The lowest BCUT2D eigenvalue weighted by atomic mass is 9.85. The Kier molecular flexibility index (Phi) is 5.63. The van der Waals surface area contributed by atoms with Crippen LogP contribution in [0.1, 0.15) is 33.1 Å². The predicted octanol–water partition coefficient (Wildman–Crippen LogP) is 0.765. The highest BCUT2D eigenvalue weighted by molar-refractivity contribution is 4.79. The molecule has 1 unspecified atom stereocenters. The van der Waals surface area contributed by atoms with Crippen molar-refractivity contribution in [2.45, 2.75) is 39.2 Å². The van der Waals surface area contributed by atoms with Crippen molar-refractivity contribution in [3.05, 3.63) is 0 Å². The molecule has 0 aromatic heterocycles. The molecule has 2 aliphatic rings. The van der Waals surface area contributed by atoms with Crippen molar-refractivity contribution < 1.29 is 5.11 Å². The number of nitrogens with one attached hydrogen (secondary N) is 1. The zero-order valence-corrected chi connectivity index (χ0v) is 12.7. The van der Waals surface area contributed by atoms with Crippen LogP contribution in [0.4, 0.5) is 0 Å². The molecular formula is C15H31N3O. The monoisotopic (exact) mass is 269 g/mol. The highest BCUT2D eigenvalue weighted by Gasteiger charge is 2.24. The summed E-state index contributed by atoms with van der Waals surface area (Å²) in [4.78, 5) is 4.84. The summed E-state index contributed by atoms with van der Waals surface area (Å²) >= 11 is 0. The first-order valence-electron chi connectivity index (χ1n) is 7.89. The standard InChI is InChI=1S/C15H31N3O/c1-15(2)4-3-8-17(9-5-15)12-14(19)13-18-10-6-16-7-11-18/h14,16,19H,3-13H2,1-2H3. The van der Waals surface area contributed by atoms with E-state index in [0.717, 1.165) is 52.4 Å². The van der Waals surface area contributed by atoms with Gasteiger partial charge in [-0.15, -0.1) is 0 Å². The van der Waals surface area contributed by atoms with Crippen LogP contribution in [0.3, 0.4) is 0 Å². The number of hydrogen-bond acceptors (Lipinski definition) is 4. The Morgan fingerprint density at radius 2 is 1.63 bits per heavy atom.